The molecule has 0 spiro atoms. The van der Waals surface area contributed by atoms with Crippen LogP contribution in [0, 0.1) is 0 Å². The van der Waals surface area contributed by atoms with Crippen molar-refractivity contribution in [1.29, 1.82) is 0 Å². The smallest absolute Gasteiger partial charge is 0.333 e. The van der Waals surface area contributed by atoms with Gasteiger partial charge >= 0.3 is 6.18 Å². The highest BCUT2D eigenvalue weighted by atomic mass is 32.2. The van der Waals surface area contributed by atoms with Crippen LogP contribution in [-0.4, -0.2) is 54.2 Å². The van der Waals surface area contributed by atoms with Gasteiger partial charge in [0.1, 0.15) is 6.54 Å². The number of carbonyl (C=O) groups excluding carboxylic acids is 1. The van der Waals surface area contributed by atoms with Crippen LogP contribution in [0.4, 0.5) is 13.2 Å². The van der Waals surface area contributed by atoms with Crippen LogP contribution in [0.2, 0.25) is 0 Å². The van der Waals surface area contributed by atoms with Gasteiger partial charge in [-0.1, -0.05) is 0 Å². The minimum atomic E-state index is -4.31. The minimum absolute atomic E-state index is 0.102. The summed E-state index contributed by atoms with van der Waals surface area (Å²) in [6, 6.07) is 0. The first-order valence-electron chi connectivity index (χ1n) is 6.09. The molecule has 106 valence electrons. The van der Waals surface area contributed by atoms with Crippen molar-refractivity contribution < 1.29 is 18.0 Å². The van der Waals surface area contributed by atoms with Crippen molar-refractivity contribution >= 4 is 17.7 Å². The third-order valence-corrected chi connectivity index (χ3v) is 4.19. The Bertz CT molecular complexity index is 268. The second-order valence-corrected chi connectivity index (χ2v) is 5.57. The predicted molar refractivity (Wildman–Crippen MR) is 66.7 cm³/mol. The molecule has 1 fully saturated rings. The number of halogens is 3. The summed E-state index contributed by atoms with van der Waals surface area (Å²) >= 11 is 1.48. The molecular weight excluding hydrogens is 265 g/mol. The van der Waals surface area contributed by atoms with Gasteiger partial charge in [-0.15, -0.1) is 11.8 Å². The second kappa shape index (κ2) is 7.23. The number of rotatable bonds is 5. The van der Waals surface area contributed by atoms with E-state index < -0.39 is 18.6 Å². The van der Waals surface area contributed by atoms with E-state index in [1.54, 1.807) is 6.92 Å². The van der Waals surface area contributed by atoms with Crippen LogP contribution in [0.25, 0.3) is 0 Å². The highest BCUT2D eigenvalue weighted by Gasteiger charge is 2.32. The van der Waals surface area contributed by atoms with Crippen LogP contribution in [-0.2, 0) is 4.79 Å². The molecule has 0 unspecified atom stereocenters. The van der Waals surface area contributed by atoms with E-state index in [2.05, 4.69) is 5.32 Å². The van der Waals surface area contributed by atoms with Gasteiger partial charge in [-0.3, -0.25) is 4.79 Å². The van der Waals surface area contributed by atoms with Gasteiger partial charge in [0.05, 0.1) is 5.75 Å². The Morgan fingerprint density at radius 1 is 1.39 bits per heavy atom. The molecule has 18 heavy (non-hydrogen) atoms. The topological polar surface area (TPSA) is 32.3 Å². The maximum absolute atomic E-state index is 12.2. The number of hydrogen-bond donors (Lipinski definition) is 1. The number of piperidine rings is 1. The van der Waals surface area contributed by atoms with E-state index in [1.807, 2.05) is 0 Å². The Morgan fingerprint density at radius 2 is 2.00 bits per heavy atom. The van der Waals surface area contributed by atoms with Gasteiger partial charge in [0, 0.05) is 11.8 Å². The molecule has 1 rings (SSSR count). The van der Waals surface area contributed by atoms with Crippen molar-refractivity contribution in [3.05, 3.63) is 0 Å². The molecule has 1 N–H and O–H groups in total. The molecular formula is C11H19F3N2OS. The zero-order valence-electron chi connectivity index (χ0n) is 10.4. The summed E-state index contributed by atoms with van der Waals surface area (Å²) in [6.45, 7) is 2.37. The monoisotopic (exact) mass is 284 g/mol. The third kappa shape index (κ3) is 5.95. The summed E-state index contributed by atoms with van der Waals surface area (Å²) < 4.78 is 36.7. The van der Waals surface area contributed by atoms with Gasteiger partial charge < -0.3 is 10.2 Å². The first kappa shape index (κ1) is 15.6. The summed E-state index contributed by atoms with van der Waals surface area (Å²) in [4.78, 5) is 12.6. The largest absolute Gasteiger partial charge is 0.406 e. The van der Waals surface area contributed by atoms with Crippen molar-refractivity contribution in [2.24, 2.45) is 0 Å². The second-order valence-electron chi connectivity index (χ2n) is 4.28. The maximum atomic E-state index is 12.2. The molecule has 0 aromatic rings. The SMILES string of the molecule is CCN(CC(F)(F)F)C(=O)CSC1CCNCC1. The highest BCUT2D eigenvalue weighted by Crippen LogP contribution is 2.22. The number of hydrogen-bond acceptors (Lipinski definition) is 3. The van der Waals surface area contributed by atoms with E-state index in [0.717, 1.165) is 30.8 Å². The first-order valence-corrected chi connectivity index (χ1v) is 7.14. The molecule has 0 aromatic heterocycles. The molecule has 1 saturated heterocycles. The summed E-state index contributed by atoms with van der Waals surface area (Å²) in [6.07, 6.45) is -2.36. The Balaban J connectivity index is 2.32. The predicted octanol–water partition coefficient (Wildman–Crippen LogP) is 1.88. The van der Waals surface area contributed by atoms with Gasteiger partial charge in [-0.25, -0.2) is 0 Å². The molecule has 7 heteroatoms. The lowest BCUT2D eigenvalue weighted by Crippen LogP contribution is -2.40. The lowest BCUT2D eigenvalue weighted by molar-refractivity contribution is -0.159. The summed E-state index contributed by atoms with van der Waals surface area (Å²) in [7, 11) is 0. The van der Waals surface area contributed by atoms with E-state index in [0.29, 0.717) is 5.25 Å². The number of carbonyl (C=O) groups is 1. The Kier molecular flexibility index (Phi) is 6.28. The quantitative estimate of drug-likeness (QED) is 0.836. The lowest BCUT2D eigenvalue weighted by Gasteiger charge is -2.25. The first-order chi connectivity index (χ1) is 8.42. The minimum Gasteiger partial charge on any atom is -0.333 e. The normalized spacial score (nSPS) is 17.8. The molecule has 0 saturated carbocycles. The fourth-order valence-electron chi connectivity index (χ4n) is 1.84. The summed E-state index contributed by atoms with van der Waals surface area (Å²) in [5, 5.41) is 3.60. The number of thioether (sulfide) groups is 1. The Morgan fingerprint density at radius 3 is 2.50 bits per heavy atom. The Labute approximate surface area is 109 Å². The van der Waals surface area contributed by atoms with Crippen LogP contribution in [0.5, 0.6) is 0 Å². The average Bonchev–Trinajstić information content (AvgIpc) is 2.33. The van der Waals surface area contributed by atoms with Crippen molar-refractivity contribution in [3.8, 4) is 0 Å². The van der Waals surface area contributed by atoms with Crippen LogP contribution >= 0.6 is 11.8 Å². The van der Waals surface area contributed by atoms with E-state index in [-0.39, 0.29) is 12.3 Å². The number of alkyl halides is 3. The van der Waals surface area contributed by atoms with Crippen molar-refractivity contribution in [2.75, 3.05) is 31.9 Å². The molecule has 0 atom stereocenters. The standard InChI is InChI=1S/C11H19F3N2OS/c1-2-16(8-11(12,13)14)10(17)7-18-9-3-5-15-6-4-9/h9,15H,2-8H2,1H3. The van der Waals surface area contributed by atoms with Gasteiger partial charge in [0.15, 0.2) is 0 Å². The molecule has 0 bridgehead atoms. The zero-order valence-corrected chi connectivity index (χ0v) is 11.2. The fourth-order valence-corrected chi connectivity index (χ4v) is 2.97. The number of nitrogens with one attached hydrogen (secondary N) is 1. The molecule has 1 heterocycles. The lowest BCUT2D eigenvalue weighted by atomic mass is 10.2. The fraction of sp³-hybridized carbons (Fsp3) is 0.909. The Hall–Kier alpha value is -0.430. The van der Waals surface area contributed by atoms with E-state index in [9.17, 15) is 18.0 Å². The molecule has 0 radical (unpaired) electrons. The number of amides is 1. The average molecular weight is 284 g/mol. The molecule has 1 amide bonds. The molecule has 0 aromatic carbocycles. The summed E-state index contributed by atoms with van der Waals surface area (Å²) in [5.74, 6) is -0.271. The van der Waals surface area contributed by atoms with Crippen LogP contribution in [0.3, 0.4) is 0 Å². The van der Waals surface area contributed by atoms with Gasteiger partial charge in [-0.05, 0) is 32.9 Å². The summed E-state index contributed by atoms with van der Waals surface area (Å²) in [5.41, 5.74) is 0. The van der Waals surface area contributed by atoms with Crippen LogP contribution in [0.1, 0.15) is 19.8 Å². The van der Waals surface area contributed by atoms with Crippen molar-refractivity contribution in [3.63, 3.8) is 0 Å². The third-order valence-electron chi connectivity index (χ3n) is 2.83. The van der Waals surface area contributed by atoms with E-state index in [4.69, 9.17) is 0 Å². The highest BCUT2D eigenvalue weighted by molar-refractivity contribution is 8.00. The molecule has 1 aliphatic heterocycles. The molecule has 3 nitrogen and oxygen atoms in total. The van der Waals surface area contributed by atoms with E-state index in [1.165, 1.54) is 11.8 Å². The number of nitrogens with zero attached hydrogens (tertiary/aromatic N) is 1. The van der Waals surface area contributed by atoms with Crippen molar-refractivity contribution in [1.82, 2.24) is 10.2 Å². The van der Waals surface area contributed by atoms with Crippen molar-refractivity contribution in [2.45, 2.75) is 31.2 Å². The van der Waals surface area contributed by atoms with Crippen LogP contribution < -0.4 is 5.32 Å². The molecule has 0 aliphatic carbocycles. The van der Waals surface area contributed by atoms with Gasteiger partial charge in [0.25, 0.3) is 0 Å². The van der Waals surface area contributed by atoms with Gasteiger partial charge in [-0.2, -0.15) is 13.2 Å². The van der Waals surface area contributed by atoms with Crippen LogP contribution in [0.15, 0.2) is 0 Å². The maximum Gasteiger partial charge on any atom is 0.406 e. The van der Waals surface area contributed by atoms with Gasteiger partial charge in [0.2, 0.25) is 5.91 Å². The molecule has 1 aliphatic rings. The van der Waals surface area contributed by atoms with E-state index >= 15 is 0 Å². The zero-order chi connectivity index (χ0) is 13.6.